The topological polar surface area (TPSA) is 52.6 Å². The Morgan fingerprint density at radius 3 is 2.77 bits per heavy atom. The average molecular weight is 329 g/mol. The third-order valence-corrected chi connectivity index (χ3v) is 3.98. The number of hydrogen-bond donors (Lipinski definition) is 2. The van der Waals surface area contributed by atoms with Crippen molar-refractivity contribution in [2.24, 2.45) is 0 Å². The summed E-state index contributed by atoms with van der Waals surface area (Å²) in [5, 5.41) is 11.7. The van der Waals surface area contributed by atoms with E-state index in [0.29, 0.717) is 24.0 Å². The fourth-order valence-electron chi connectivity index (χ4n) is 2.39. The number of carbonyl (C=O) groups excluding carboxylic acids is 1. The number of anilines is 1. The first kappa shape index (κ1) is 17.2. The number of rotatable bonds is 9. The molecule has 0 bridgehead atoms. The van der Waals surface area contributed by atoms with Crippen LogP contribution in [0.1, 0.15) is 32.1 Å². The molecule has 1 fully saturated rings. The van der Waals surface area contributed by atoms with Gasteiger partial charge in [-0.2, -0.15) is 0 Å². The number of aliphatic hydroxyl groups is 1. The van der Waals surface area contributed by atoms with Crippen molar-refractivity contribution in [2.75, 3.05) is 25.0 Å². The molecule has 0 atom stereocenters. The second kappa shape index (κ2) is 8.46. The Morgan fingerprint density at radius 2 is 2.14 bits per heavy atom. The zero-order valence-corrected chi connectivity index (χ0v) is 13.3. The van der Waals surface area contributed by atoms with E-state index < -0.39 is 5.82 Å². The minimum atomic E-state index is -0.525. The van der Waals surface area contributed by atoms with Gasteiger partial charge in [0, 0.05) is 30.6 Å². The van der Waals surface area contributed by atoms with Gasteiger partial charge in [-0.15, -0.1) is 0 Å². The van der Waals surface area contributed by atoms with E-state index >= 15 is 0 Å². The highest BCUT2D eigenvalue weighted by molar-refractivity contribution is 6.30. The summed E-state index contributed by atoms with van der Waals surface area (Å²) >= 11 is 5.68. The molecule has 22 heavy (non-hydrogen) atoms. The maximum atomic E-state index is 13.6. The van der Waals surface area contributed by atoms with E-state index in [1.807, 2.05) is 0 Å². The number of unbranched alkanes of at least 4 members (excludes halogenated alkanes) is 1. The van der Waals surface area contributed by atoms with E-state index in [2.05, 4.69) is 10.2 Å². The Morgan fingerprint density at radius 1 is 1.36 bits per heavy atom. The molecular weight excluding hydrogens is 307 g/mol. The molecule has 1 aromatic rings. The third-order valence-electron chi connectivity index (χ3n) is 3.75. The summed E-state index contributed by atoms with van der Waals surface area (Å²) in [6.45, 7) is 1.76. The molecule has 2 rings (SSSR count). The Hall–Kier alpha value is -1.17. The second-order valence-corrected chi connectivity index (χ2v) is 6.06. The summed E-state index contributed by atoms with van der Waals surface area (Å²) in [7, 11) is 0. The largest absolute Gasteiger partial charge is 0.396 e. The lowest BCUT2D eigenvalue weighted by Crippen LogP contribution is -2.31. The van der Waals surface area contributed by atoms with Gasteiger partial charge in [0.1, 0.15) is 5.82 Å². The van der Waals surface area contributed by atoms with Crippen molar-refractivity contribution in [3.05, 3.63) is 29.0 Å². The van der Waals surface area contributed by atoms with E-state index in [0.717, 1.165) is 19.4 Å². The van der Waals surface area contributed by atoms with E-state index in [9.17, 15) is 9.18 Å². The number of nitrogens with one attached hydrogen (secondary N) is 1. The van der Waals surface area contributed by atoms with Gasteiger partial charge in [0.05, 0.1) is 5.69 Å². The fraction of sp³-hybridized carbons (Fsp3) is 0.562. The molecule has 0 aromatic heterocycles. The molecule has 0 unspecified atom stereocenters. The van der Waals surface area contributed by atoms with Crippen molar-refractivity contribution in [3.8, 4) is 0 Å². The minimum absolute atomic E-state index is 0.160. The van der Waals surface area contributed by atoms with Crippen LogP contribution in [0, 0.1) is 5.82 Å². The molecule has 4 nitrogen and oxygen atoms in total. The smallest absolute Gasteiger partial charge is 0.225 e. The lowest BCUT2D eigenvalue weighted by Gasteiger charge is -2.21. The predicted molar refractivity (Wildman–Crippen MR) is 85.6 cm³/mol. The quantitative estimate of drug-likeness (QED) is 0.685. The van der Waals surface area contributed by atoms with Crippen LogP contribution in [0.15, 0.2) is 18.2 Å². The first-order valence-electron chi connectivity index (χ1n) is 7.70. The average Bonchev–Trinajstić information content (AvgIpc) is 3.30. The van der Waals surface area contributed by atoms with Gasteiger partial charge in [-0.1, -0.05) is 11.6 Å². The summed E-state index contributed by atoms with van der Waals surface area (Å²) in [5.41, 5.74) is 0.160. The van der Waals surface area contributed by atoms with Gasteiger partial charge in [0.25, 0.3) is 0 Å². The van der Waals surface area contributed by atoms with Crippen molar-refractivity contribution >= 4 is 23.2 Å². The van der Waals surface area contributed by atoms with Crippen LogP contribution < -0.4 is 5.32 Å². The molecule has 2 N–H and O–H groups in total. The van der Waals surface area contributed by atoms with Crippen LogP contribution in [0.4, 0.5) is 10.1 Å². The Labute approximate surface area is 135 Å². The molecule has 0 aliphatic heterocycles. The van der Waals surface area contributed by atoms with Crippen molar-refractivity contribution in [1.29, 1.82) is 0 Å². The molecule has 122 valence electrons. The van der Waals surface area contributed by atoms with Crippen LogP contribution in [-0.4, -0.2) is 41.7 Å². The zero-order valence-electron chi connectivity index (χ0n) is 12.5. The van der Waals surface area contributed by atoms with E-state index in [-0.39, 0.29) is 18.2 Å². The first-order chi connectivity index (χ1) is 10.6. The van der Waals surface area contributed by atoms with Crippen LogP contribution in [0.5, 0.6) is 0 Å². The van der Waals surface area contributed by atoms with Gasteiger partial charge in [0.2, 0.25) is 5.91 Å². The maximum Gasteiger partial charge on any atom is 0.225 e. The highest BCUT2D eigenvalue weighted by Gasteiger charge is 2.28. The number of benzene rings is 1. The first-order valence-corrected chi connectivity index (χ1v) is 8.08. The summed E-state index contributed by atoms with van der Waals surface area (Å²) in [6.07, 6.45) is 4.39. The molecule has 6 heteroatoms. The number of hydrogen-bond acceptors (Lipinski definition) is 3. The minimum Gasteiger partial charge on any atom is -0.396 e. The van der Waals surface area contributed by atoms with Gasteiger partial charge in [0.15, 0.2) is 0 Å². The van der Waals surface area contributed by atoms with Crippen LogP contribution in [0.25, 0.3) is 0 Å². The van der Waals surface area contributed by atoms with Gasteiger partial charge < -0.3 is 10.4 Å². The van der Waals surface area contributed by atoms with Gasteiger partial charge in [-0.25, -0.2) is 4.39 Å². The van der Waals surface area contributed by atoms with Crippen LogP contribution in [0.2, 0.25) is 5.02 Å². The van der Waals surface area contributed by atoms with Crippen molar-refractivity contribution < 1.29 is 14.3 Å². The van der Waals surface area contributed by atoms with E-state index in [4.69, 9.17) is 16.7 Å². The number of aliphatic hydroxyl groups excluding tert-OH is 1. The summed E-state index contributed by atoms with van der Waals surface area (Å²) in [5.74, 6) is -0.725. The third kappa shape index (κ3) is 5.55. The van der Waals surface area contributed by atoms with Crippen molar-refractivity contribution in [3.63, 3.8) is 0 Å². The molecular formula is C16H22ClFN2O2. The molecule has 1 aliphatic rings. The molecule has 1 amide bonds. The van der Waals surface area contributed by atoms with Gasteiger partial charge >= 0.3 is 0 Å². The molecule has 0 heterocycles. The Bertz CT molecular complexity index is 509. The molecule has 0 radical (unpaired) electrons. The van der Waals surface area contributed by atoms with Crippen molar-refractivity contribution in [2.45, 2.75) is 38.1 Å². The molecule has 0 spiro atoms. The Balaban J connectivity index is 1.78. The Kier molecular flexibility index (Phi) is 6.61. The molecule has 0 saturated heterocycles. The van der Waals surface area contributed by atoms with Gasteiger partial charge in [-0.3, -0.25) is 9.69 Å². The summed E-state index contributed by atoms with van der Waals surface area (Å²) in [6, 6.07) is 4.77. The summed E-state index contributed by atoms with van der Waals surface area (Å²) in [4.78, 5) is 14.2. The fourth-order valence-corrected chi connectivity index (χ4v) is 2.55. The van der Waals surface area contributed by atoms with Gasteiger partial charge in [-0.05, 0) is 50.4 Å². The summed E-state index contributed by atoms with van der Waals surface area (Å²) < 4.78 is 13.6. The SMILES string of the molecule is O=C(CCN(CCCCO)C1CC1)Nc1ccc(Cl)cc1F. The van der Waals surface area contributed by atoms with Crippen LogP contribution in [0.3, 0.4) is 0 Å². The van der Waals surface area contributed by atoms with E-state index in [1.165, 1.54) is 25.0 Å². The number of carbonyl (C=O) groups is 1. The monoisotopic (exact) mass is 328 g/mol. The number of halogens is 2. The second-order valence-electron chi connectivity index (χ2n) is 5.62. The molecule has 1 aromatic carbocycles. The van der Waals surface area contributed by atoms with Crippen molar-refractivity contribution in [1.82, 2.24) is 4.90 Å². The lowest BCUT2D eigenvalue weighted by molar-refractivity contribution is -0.116. The number of amides is 1. The lowest BCUT2D eigenvalue weighted by atomic mass is 10.2. The zero-order chi connectivity index (χ0) is 15.9. The normalized spacial score (nSPS) is 14.4. The van der Waals surface area contributed by atoms with Crippen LogP contribution >= 0.6 is 11.6 Å². The molecule has 1 saturated carbocycles. The highest BCUT2D eigenvalue weighted by atomic mass is 35.5. The standard InChI is InChI=1S/C16H22ClFN2O2/c17-12-3-6-15(14(18)11-12)19-16(22)7-9-20(13-4-5-13)8-1-2-10-21/h3,6,11,13,21H,1-2,4-5,7-10H2,(H,19,22). The highest BCUT2D eigenvalue weighted by Crippen LogP contribution is 2.27. The maximum absolute atomic E-state index is 13.6. The predicted octanol–water partition coefficient (Wildman–Crippen LogP) is 3.04. The van der Waals surface area contributed by atoms with Crippen LogP contribution in [-0.2, 0) is 4.79 Å². The number of nitrogens with zero attached hydrogens (tertiary/aromatic N) is 1. The molecule has 1 aliphatic carbocycles. The van der Waals surface area contributed by atoms with E-state index in [1.54, 1.807) is 6.07 Å².